The summed E-state index contributed by atoms with van der Waals surface area (Å²) in [6.45, 7) is -0.601. The number of benzene rings is 1. The molecule has 0 aliphatic rings. The van der Waals surface area contributed by atoms with E-state index in [1.165, 1.54) is 24.3 Å². The number of thiol groups is 1. The first-order chi connectivity index (χ1) is 15.0. The molecule has 13 heteroatoms. The van der Waals surface area contributed by atoms with E-state index in [9.17, 15) is 34.2 Å². The van der Waals surface area contributed by atoms with E-state index in [1.807, 2.05) is 0 Å². The molecule has 0 saturated heterocycles. The second-order valence-corrected chi connectivity index (χ2v) is 7.19. The maximum absolute atomic E-state index is 12.4. The fraction of sp³-hybridized carbons (Fsp3) is 0.421. The molecule has 0 saturated carbocycles. The van der Waals surface area contributed by atoms with E-state index in [0.29, 0.717) is 5.56 Å². The minimum atomic E-state index is -1.30. The van der Waals surface area contributed by atoms with Crippen molar-refractivity contribution in [3.8, 4) is 5.75 Å². The van der Waals surface area contributed by atoms with Gasteiger partial charge in [0.05, 0.1) is 12.6 Å². The summed E-state index contributed by atoms with van der Waals surface area (Å²) in [5.74, 6) is -4.83. The third kappa shape index (κ3) is 9.66. The number of aliphatic carboxylic acids is 2. The number of hydrogen-bond acceptors (Lipinski definition) is 8. The number of amides is 3. The Kier molecular flexibility index (Phi) is 11.0. The summed E-state index contributed by atoms with van der Waals surface area (Å²) in [4.78, 5) is 58.6. The molecule has 1 aromatic carbocycles. The van der Waals surface area contributed by atoms with Gasteiger partial charge in [-0.2, -0.15) is 12.6 Å². The number of phenols is 1. The molecule has 0 aliphatic carbocycles. The van der Waals surface area contributed by atoms with Crippen LogP contribution in [0.4, 0.5) is 0 Å². The maximum Gasteiger partial charge on any atom is 0.326 e. The highest BCUT2D eigenvalue weighted by Gasteiger charge is 2.25. The van der Waals surface area contributed by atoms with Crippen molar-refractivity contribution in [2.75, 3.05) is 12.3 Å². The lowest BCUT2D eigenvalue weighted by molar-refractivity contribution is -0.141. The SMILES string of the molecule is NC(CS)C(=O)NC(CCC(=O)O)C(=O)NCC(=O)NC(Cc1ccc(O)cc1)C(=O)O. The lowest BCUT2D eigenvalue weighted by Gasteiger charge is -2.20. The molecule has 0 fully saturated rings. The Labute approximate surface area is 189 Å². The van der Waals surface area contributed by atoms with Gasteiger partial charge in [-0.15, -0.1) is 0 Å². The standard InChI is InChI=1S/C19H26N4O8S/c20-12(9-32)17(28)23-13(5-6-16(26)27)18(29)21-8-15(25)22-14(19(30)31)7-10-1-3-11(24)4-2-10/h1-4,12-14,24,32H,5-9,20H2,(H,21,29)(H,22,25)(H,23,28)(H,26,27)(H,30,31). The lowest BCUT2D eigenvalue weighted by Crippen LogP contribution is -2.54. The van der Waals surface area contributed by atoms with Gasteiger partial charge in [0.2, 0.25) is 17.7 Å². The smallest absolute Gasteiger partial charge is 0.326 e. The van der Waals surface area contributed by atoms with Crippen LogP contribution in [0.2, 0.25) is 0 Å². The van der Waals surface area contributed by atoms with E-state index >= 15 is 0 Å². The number of carboxylic acid groups (broad SMARTS) is 2. The van der Waals surface area contributed by atoms with Crippen LogP contribution >= 0.6 is 12.6 Å². The van der Waals surface area contributed by atoms with Gasteiger partial charge in [-0.3, -0.25) is 19.2 Å². The predicted octanol–water partition coefficient (Wildman–Crippen LogP) is -1.77. The molecular weight excluding hydrogens is 444 g/mol. The Morgan fingerprint density at radius 3 is 2.12 bits per heavy atom. The van der Waals surface area contributed by atoms with E-state index < -0.39 is 60.8 Å². The fourth-order valence-corrected chi connectivity index (χ4v) is 2.67. The van der Waals surface area contributed by atoms with Crippen LogP contribution in [0.5, 0.6) is 5.75 Å². The number of aromatic hydroxyl groups is 1. The van der Waals surface area contributed by atoms with Crippen molar-refractivity contribution >= 4 is 42.3 Å². The second kappa shape index (κ2) is 13.2. The molecule has 3 atom stereocenters. The van der Waals surface area contributed by atoms with Crippen LogP contribution < -0.4 is 21.7 Å². The van der Waals surface area contributed by atoms with Crippen molar-refractivity contribution in [1.82, 2.24) is 16.0 Å². The average molecular weight is 471 g/mol. The number of nitrogens with one attached hydrogen (secondary N) is 3. The zero-order chi connectivity index (χ0) is 24.3. The average Bonchev–Trinajstić information content (AvgIpc) is 2.74. The van der Waals surface area contributed by atoms with Crippen molar-refractivity contribution in [3.63, 3.8) is 0 Å². The first-order valence-electron chi connectivity index (χ1n) is 9.49. The normalized spacial score (nSPS) is 13.3. The van der Waals surface area contributed by atoms with Crippen LogP contribution in [-0.4, -0.2) is 75.4 Å². The molecule has 1 rings (SSSR count). The van der Waals surface area contributed by atoms with Crippen LogP contribution in [0.25, 0.3) is 0 Å². The van der Waals surface area contributed by atoms with Gasteiger partial charge < -0.3 is 37.0 Å². The van der Waals surface area contributed by atoms with Gasteiger partial charge in [0, 0.05) is 18.6 Å². The van der Waals surface area contributed by atoms with E-state index in [0.717, 1.165) is 0 Å². The molecular formula is C19H26N4O8S. The Balaban J connectivity index is 2.68. The van der Waals surface area contributed by atoms with E-state index in [-0.39, 0.29) is 24.3 Å². The minimum Gasteiger partial charge on any atom is -0.508 e. The van der Waals surface area contributed by atoms with E-state index in [4.69, 9.17) is 10.8 Å². The molecule has 3 unspecified atom stereocenters. The fourth-order valence-electron chi connectivity index (χ4n) is 2.50. The van der Waals surface area contributed by atoms with E-state index in [1.54, 1.807) is 0 Å². The number of carbonyl (C=O) groups excluding carboxylic acids is 3. The summed E-state index contributed by atoms with van der Waals surface area (Å²) in [7, 11) is 0. The third-order valence-electron chi connectivity index (χ3n) is 4.25. The Morgan fingerprint density at radius 1 is 0.969 bits per heavy atom. The first-order valence-corrected chi connectivity index (χ1v) is 10.1. The molecule has 32 heavy (non-hydrogen) atoms. The van der Waals surface area contributed by atoms with Crippen molar-refractivity contribution in [2.24, 2.45) is 5.73 Å². The monoisotopic (exact) mass is 470 g/mol. The largest absolute Gasteiger partial charge is 0.508 e. The summed E-state index contributed by atoms with van der Waals surface area (Å²) >= 11 is 3.88. The van der Waals surface area contributed by atoms with Gasteiger partial charge in [0.1, 0.15) is 17.8 Å². The van der Waals surface area contributed by atoms with Gasteiger partial charge in [-0.1, -0.05) is 12.1 Å². The minimum absolute atomic E-state index is 0.000876. The first kappa shape index (κ1) is 26.7. The molecule has 12 nitrogen and oxygen atoms in total. The number of nitrogens with two attached hydrogens (primary N) is 1. The molecule has 3 amide bonds. The van der Waals surface area contributed by atoms with E-state index in [2.05, 4.69) is 28.6 Å². The predicted molar refractivity (Wildman–Crippen MR) is 115 cm³/mol. The number of rotatable bonds is 13. The molecule has 8 N–H and O–H groups in total. The highest BCUT2D eigenvalue weighted by atomic mass is 32.1. The second-order valence-electron chi connectivity index (χ2n) is 6.83. The van der Waals surface area contributed by atoms with Crippen molar-refractivity contribution < 1.29 is 39.3 Å². The van der Waals surface area contributed by atoms with Crippen LogP contribution in [0.15, 0.2) is 24.3 Å². The number of phenolic OH excluding ortho intramolecular Hbond substituents is 1. The van der Waals surface area contributed by atoms with Crippen LogP contribution in [0, 0.1) is 0 Å². The quantitative estimate of drug-likeness (QED) is 0.153. The van der Waals surface area contributed by atoms with Crippen LogP contribution in [0.1, 0.15) is 18.4 Å². The van der Waals surface area contributed by atoms with Crippen molar-refractivity contribution in [2.45, 2.75) is 37.4 Å². The Bertz CT molecular complexity index is 833. The van der Waals surface area contributed by atoms with Crippen LogP contribution in [-0.2, 0) is 30.4 Å². The summed E-state index contributed by atoms with van der Waals surface area (Å²) < 4.78 is 0. The molecule has 176 valence electrons. The van der Waals surface area contributed by atoms with Crippen molar-refractivity contribution in [3.05, 3.63) is 29.8 Å². The molecule has 0 aromatic heterocycles. The van der Waals surface area contributed by atoms with Gasteiger partial charge >= 0.3 is 11.9 Å². The molecule has 0 bridgehead atoms. The van der Waals surface area contributed by atoms with Gasteiger partial charge in [-0.25, -0.2) is 4.79 Å². The zero-order valence-corrected chi connectivity index (χ0v) is 17.9. The van der Waals surface area contributed by atoms with Gasteiger partial charge in [0.15, 0.2) is 0 Å². The molecule has 0 aliphatic heterocycles. The third-order valence-corrected chi connectivity index (χ3v) is 4.64. The topological polar surface area (TPSA) is 208 Å². The lowest BCUT2D eigenvalue weighted by atomic mass is 10.1. The Morgan fingerprint density at radius 2 is 1.59 bits per heavy atom. The summed E-state index contributed by atoms with van der Waals surface area (Å²) in [6.07, 6.45) is -0.727. The molecule has 1 aromatic rings. The molecule has 0 radical (unpaired) electrons. The zero-order valence-electron chi connectivity index (χ0n) is 17.0. The number of hydrogen-bond donors (Lipinski definition) is 8. The van der Waals surface area contributed by atoms with Gasteiger partial charge in [0.25, 0.3) is 0 Å². The summed E-state index contributed by atoms with van der Waals surface area (Å²) in [6, 6.07) is 2.19. The molecule has 0 spiro atoms. The van der Waals surface area contributed by atoms with Gasteiger partial charge in [-0.05, 0) is 24.1 Å². The van der Waals surface area contributed by atoms with Crippen molar-refractivity contribution in [1.29, 1.82) is 0 Å². The molecule has 0 heterocycles. The highest BCUT2D eigenvalue weighted by molar-refractivity contribution is 7.80. The summed E-state index contributed by atoms with van der Waals surface area (Å²) in [5, 5.41) is 34.2. The highest BCUT2D eigenvalue weighted by Crippen LogP contribution is 2.11. The number of carboxylic acids is 2. The number of carbonyl (C=O) groups is 5. The maximum atomic E-state index is 12.4. The Hall–Kier alpha value is -3.32. The van der Waals surface area contributed by atoms with Crippen LogP contribution in [0.3, 0.4) is 0 Å². The summed E-state index contributed by atoms with van der Waals surface area (Å²) in [5.41, 5.74) is 6.08.